The molecule has 0 N–H and O–H groups in total. The summed E-state index contributed by atoms with van der Waals surface area (Å²) in [6, 6.07) is 3.91. The van der Waals surface area contributed by atoms with Gasteiger partial charge in [0, 0.05) is 25.7 Å². The van der Waals surface area contributed by atoms with E-state index in [4.69, 9.17) is 13.9 Å². The normalized spacial score (nSPS) is 18.1. The molecule has 0 amide bonds. The molecule has 1 aliphatic heterocycles. The summed E-state index contributed by atoms with van der Waals surface area (Å²) in [4.78, 5) is 10.9. The fourth-order valence-corrected chi connectivity index (χ4v) is 2.04. The minimum Gasteiger partial charge on any atom is -0.466 e. The van der Waals surface area contributed by atoms with Gasteiger partial charge in [-0.1, -0.05) is 0 Å². The van der Waals surface area contributed by atoms with Crippen LogP contribution in [0.5, 0.6) is 0 Å². The lowest BCUT2D eigenvalue weighted by Gasteiger charge is -2.21. The molecule has 4 nitrogen and oxygen atoms in total. The van der Waals surface area contributed by atoms with Crippen molar-refractivity contribution < 1.29 is 18.7 Å². The van der Waals surface area contributed by atoms with Crippen molar-refractivity contribution in [3.63, 3.8) is 0 Å². The number of ether oxygens (including phenoxy) is 2. The molecule has 1 fully saturated rings. The first-order valence-electron chi connectivity index (χ1n) is 6.42. The highest BCUT2D eigenvalue weighted by Crippen LogP contribution is 2.25. The molecule has 0 saturated carbocycles. The lowest BCUT2D eigenvalue weighted by Crippen LogP contribution is -2.25. The predicted molar refractivity (Wildman–Crippen MR) is 66.3 cm³/mol. The largest absolute Gasteiger partial charge is 0.466 e. The Hall–Kier alpha value is -1.13. The van der Waals surface area contributed by atoms with Crippen LogP contribution in [0.25, 0.3) is 0 Å². The summed E-state index contributed by atoms with van der Waals surface area (Å²) in [5, 5.41) is 0. The molecule has 4 heteroatoms. The van der Waals surface area contributed by atoms with Gasteiger partial charge in [0.25, 0.3) is 0 Å². The minimum absolute atomic E-state index is 0.188. The monoisotopic (exact) mass is 252 g/mol. The van der Waals surface area contributed by atoms with Crippen molar-refractivity contribution in [3.8, 4) is 0 Å². The Labute approximate surface area is 107 Å². The zero-order valence-electron chi connectivity index (χ0n) is 11.0. The first-order valence-corrected chi connectivity index (χ1v) is 6.42. The summed E-state index contributed by atoms with van der Waals surface area (Å²) < 4.78 is 16.8. The number of Topliss-reactive ketones (excluding diaryl/α,β-unsaturated/α-hetero) is 1. The molecule has 0 aliphatic carbocycles. The van der Waals surface area contributed by atoms with Crippen LogP contribution in [0.1, 0.15) is 38.2 Å². The van der Waals surface area contributed by atoms with Gasteiger partial charge in [0.05, 0.1) is 13.2 Å². The van der Waals surface area contributed by atoms with Crippen molar-refractivity contribution in [2.45, 2.75) is 45.3 Å². The van der Waals surface area contributed by atoms with E-state index in [1.807, 2.05) is 19.1 Å². The lowest BCUT2D eigenvalue weighted by molar-refractivity contribution is -0.146. The molecule has 1 aromatic rings. The van der Waals surface area contributed by atoms with Crippen molar-refractivity contribution in [1.29, 1.82) is 0 Å². The maximum absolute atomic E-state index is 10.9. The third-order valence-corrected chi connectivity index (χ3v) is 3.16. The van der Waals surface area contributed by atoms with Gasteiger partial charge in [-0.05, 0) is 26.0 Å². The van der Waals surface area contributed by atoms with Crippen LogP contribution in [0, 0.1) is 0 Å². The average molecular weight is 252 g/mol. The van der Waals surface area contributed by atoms with Crippen molar-refractivity contribution in [1.82, 2.24) is 0 Å². The van der Waals surface area contributed by atoms with Crippen LogP contribution in [-0.4, -0.2) is 24.8 Å². The number of carbonyl (C=O) groups excluding carboxylic acids is 1. The zero-order valence-corrected chi connectivity index (χ0v) is 11.0. The molecule has 0 aromatic carbocycles. The Balaban J connectivity index is 1.81. The molecular weight excluding hydrogens is 232 g/mol. The van der Waals surface area contributed by atoms with Crippen LogP contribution in [-0.2, 0) is 27.1 Å². The Morgan fingerprint density at radius 3 is 2.44 bits per heavy atom. The Morgan fingerprint density at radius 2 is 1.83 bits per heavy atom. The van der Waals surface area contributed by atoms with Crippen LogP contribution < -0.4 is 0 Å². The maximum Gasteiger partial charge on any atom is 0.166 e. The van der Waals surface area contributed by atoms with Crippen LogP contribution in [0.2, 0.25) is 0 Å². The van der Waals surface area contributed by atoms with Crippen LogP contribution in [0.15, 0.2) is 16.5 Å². The van der Waals surface area contributed by atoms with Gasteiger partial charge in [0.1, 0.15) is 17.3 Å². The van der Waals surface area contributed by atoms with Gasteiger partial charge in [0.15, 0.2) is 5.79 Å². The first kappa shape index (κ1) is 13.3. The molecular formula is C14H20O4. The van der Waals surface area contributed by atoms with Crippen molar-refractivity contribution in [2.75, 3.05) is 13.2 Å². The quantitative estimate of drug-likeness (QED) is 0.780. The van der Waals surface area contributed by atoms with E-state index in [1.54, 1.807) is 6.92 Å². The molecule has 2 rings (SSSR count). The number of hydrogen-bond donors (Lipinski definition) is 0. The molecule has 100 valence electrons. The molecule has 2 heterocycles. The van der Waals surface area contributed by atoms with Crippen LogP contribution in [0.4, 0.5) is 0 Å². The second-order valence-corrected chi connectivity index (χ2v) is 4.90. The number of hydrogen-bond acceptors (Lipinski definition) is 4. The second kappa shape index (κ2) is 5.67. The summed E-state index contributed by atoms with van der Waals surface area (Å²) in [5.74, 6) is 1.52. The Bertz CT molecular complexity index is 402. The smallest absolute Gasteiger partial charge is 0.166 e. The molecule has 1 saturated heterocycles. The molecule has 18 heavy (non-hydrogen) atoms. The van der Waals surface area contributed by atoms with Crippen molar-refractivity contribution in [2.24, 2.45) is 0 Å². The molecule has 1 aromatic heterocycles. The second-order valence-electron chi connectivity index (χ2n) is 4.90. The minimum atomic E-state index is -0.466. The summed E-state index contributed by atoms with van der Waals surface area (Å²) in [7, 11) is 0. The van der Waals surface area contributed by atoms with E-state index in [1.165, 1.54) is 0 Å². The van der Waals surface area contributed by atoms with Gasteiger partial charge in [-0.15, -0.1) is 0 Å². The molecule has 0 bridgehead atoms. The summed E-state index contributed by atoms with van der Waals surface area (Å²) in [5.41, 5.74) is 0. The third kappa shape index (κ3) is 3.68. The third-order valence-electron chi connectivity index (χ3n) is 3.16. The number of rotatable bonds is 6. The highest BCUT2D eigenvalue weighted by Gasteiger charge is 2.30. The summed E-state index contributed by atoms with van der Waals surface area (Å²) in [6.45, 7) is 4.89. The van der Waals surface area contributed by atoms with E-state index < -0.39 is 5.79 Å². The van der Waals surface area contributed by atoms with Gasteiger partial charge >= 0.3 is 0 Å². The van der Waals surface area contributed by atoms with E-state index >= 15 is 0 Å². The number of aryl methyl sites for hydroxylation is 2. The standard InChI is InChI=1S/C14H20O4/c1-11(15)3-4-12-5-6-13(18-12)7-8-14(2)16-9-10-17-14/h5-6H,3-4,7-10H2,1-2H3. The van der Waals surface area contributed by atoms with E-state index in [9.17, 15) is 4.79 Å². The molecule has 0 radical (unpaired) electrons. The van der Waals surface area contributed by atoms with E-state index in [0.29, 0.717) is 26.1 Å². The molecule has 0 atom stereocenters. The summed E-state index contributed by atoms with van der Waals surface area (Å²) in [6.07, 6.45) is 2.79. The number of carbonyl (C=O) groups is 1. The summed E-state index contributed by atoms with van der Waals surface area (Å²) >= 11 is 0. The van der Waals surface area contributed by atoms with E-state index in [0.717, 1.165) is 24.4 Å². The average Bonchev–Trinajstić information content (AvgIpc) is 2.93. The number of ketones is 1. The highest BCUT2D eigenvalue weighted by atomic mass is 16.7. The maximum atomic E-state index is 10.9. The fourth-order valence-electron chi connectivity index (χ4n) is 2.04. The Morgan fingerprint density at radius 1 is 1.22 bits per heavy atom. The highest BCUT2D eigenvalue weighted by molar-refractivity contribution is 5.75. The van der Waals surface area contributed by atoms with Crippen molar-refractivity contribution >= 4 is 5.78 Å². The number of furan rings is 1. The van der Waals surface area contributed by atoms with E-state index in [-0.39, 0.29) is 5.78 Å². The fraction of sp³-hybridized carbons (Fsp3) is 0.643. The van der Waals surface area contributed by atoms with Crippen LogP contribution in [0.3, 0.4) is 0 Å². The topological polar surface area (TPSA) is 48.7 Å². The van der Waals surface area contributed by atoms with Gasteiger partial charge in [0.2, 0.25) is 0 Å². The van der Waals surface area contributed by atoms with Gasteiger partial charge in [-0.25, -0.2) is 0 Å². The lowest BCUT2D eigenvalue weighted by atomic mass is 10.1. The van der Waals surface area contributed by atoms with Crippen molar-refractivity contribution in [3.05, 3.63) is 23.7 Å². The zero-order chi connectivity index (χ0) is 13.0. The predicted octanol–water partition coefficient (Wildman–Crippen LogP) is 2.50. The molecule has 0 spiro atoms. The van der Waals surface area contributed by atoms with Gasteiger partial charge < -0.3 is 18.7 Å². The van der Waals surface area contributed by atoms with E-state index in [2.05, 4.69) is 0 Å². The molecule has 0 unspecified atom stereocenters. The Kier molecular flexibility index (Phi) is 4.19. The van der Waals surface area contributed by atoms with Gasteiger partial charge in [-0.3, -0.25) is 0 Å². The molecule has 1 aliphatic rings. The SMILES string of the molecule is CC(=O)CCc1ccc(CCC2(C)OCCO2)o1. The van der Waals surface area contributed by atoms with Crippen LogP contribution >= 0.6 is 0 Å². The first-order chi connectivity index (χ1) is 8.57. The van der Waals surface area contributed by atoms with Gasteiger partial charge in [-0.2, -0.15) is 0 Å².